The van der Waals surface area contributed by atoms with Gasteiger partial charge in [-0.15, -0.1) is 0 Å². The van der Waals surface area contributed by atoms with E-state index in [1.54, 1.807) is 0 Å². The number of hydrogen-bond acceptors (Lipinski definition) is 3. The Balaban J connectivity index is 1.84. The van der Waals surface area contributed by atoms with Gasteiger partial charge in [0.25, 0.3) is 0 Å². The monoisotopic (exact) mass is 239 g/mol. The van der Waals surface area contributed by atoms with Gasteiger partial charge in [0.1, 0.15) is 0 Å². The lowest BCUT2D eigenvalue weighted by molar-refractivity contribution is 0.523. The second-order valence-electron chi connectivity index (χ2n) is 4.66. The summed E-state index contributed by atoms with van der Waals surface area (Å²) >= 11 is 2.01. The van der Waals surface area contributed by atoms with E-state index < -0.39 is 0 Å². The Morgan fingerprint density at radius 2 is 2.25 bits per heavy atom. The van der Waals surface area contributed by atoms with E-state index in [9.17, 15) is 0 Å². The Morgan fingerprint density at radius 3 is 2.81 bits per heavy atom. The molecule has 3 nitrogen and oxygen atoms in total. The van der Waals surface area contributed by atoms with Gasteiger partial charge in [-0.25, -0.2) is 0 Å². The Bertz CT molecular complexity index is 329. The Morgan fingerprint density at radius 1 is 1.44 bits per heavy atom. The number of aromatic nitrogens is 2. The highest BCUT2D eigenvalue weighted by Crippen LogP contribution is 2.28. The molecule has 0 amide bonds. The fourth-order valence-corrected chi connectivity index (χ4v) is 3.22. The average Bonchev–Trinajstić information content (AvgIpc) is 2.85. The van der Waals surface area contributed by atoms with Crippen LogP contribution in [0, 0.1) is 13.8 Å². The van der Waals surface area contributed by atoms with Gasteiger partial charge in [0.15, 0.2) is 0 Å². The molecule has 90 valence electrons. The number of nitrogens with zero attached hydrogens (tertiary/aromatic N) is 1. The Labute approximate surface area is 102 Å². The third-order valence-corrected chi connectivity index (χ3v) is 4.66. The highest BCUT2D eigenvalue weighted by molar-refractivity contribution is 7.99. The summed E-state index contributed by atoms with van der Waals surface area (Å²) in [6.45, 7) is 5.12. The molecule has 16 heavy (non-hydrogen) atoms. The molecule has 2 atom stereocenters. The zero-order valence-corrected chi connectivity index (χ0v) is 11.2. The minimum Gasteiger partial charge on any atom is -0.310 e. The summed E-state index contributed by atoms with van der Waals surface area (Å²) in [4.78, 5) is 0. The predicted octanol–water partition coefficient (Wildman–Crippen LogP) is 2.40. The SMILES string of the molecule is CSC1CCC(NCc2c(C)n[nH]c2C)C1. The van der Waals surface area contributed by atoms with Gasteiger partial charge in [0, 0.05) is 29.1 Å². The van der Waals surface area contributed by atoms with Gasteiger partial charge in [-0.05, 0) is 39.4 Å². The van der Waals surface area contributed by atoms with Crippen LogP contribution >= 0.6 is 11.8 Å². The third-order valence-electron chi connectivity index (χ3n) is 3.57. The summed E-state index contributed by atoms with van der Waals surface area (Å²) < 4.78 is 0. The molecule has 1 fully saturated rings. The van der Waals surface area contributed by atoms with Gasteiger partial charge < -0.3 is 5.32 Å². The molecular weight excluding hydrogens is 218 g/mol. The standard InChI is InChI=1S/C12H21N3S/c1-8-12(9(2)15-14-8)7-13-10-4-5-11(6-10)16-3/h10-11,13H,4-7H2,1-3H3,(H,14,15). The van der Waals surface area contributed by atoms with Gasteiger partial charge in [0.2, 0.25) is 0 Å². The van der Waals surface area contributed by atoms with E-state index in [2.05, 4.69) is 35.6 Å². The maximum absolute atomic E-state index is 4.22. The van der Waals surface area contributed by atoms with Crippen molar-refractivity contribution in [3.63, 3.8) is 0 Å². The summed E-state index contributed by atoms with van der Waals surface area (Å²) in [6.07, 6.45) is 6.22. The first kappa shape index (κ1) is 12.0. The Hall–Kier alpha value is -0.480. The molecule has 2 N–H and O–H groups in total. The number of hydrogen-bond donors (Lipinski definition) is 2. The van der Waals surface area contributed by atoms with Crippen molar-refractivity contribution >= 4 is 11.8 Å². The molecule has 2 unspecified atom stereocenters. The molecule has 1 aromatic heterocycles. The van der Waals surface area contributed by atoms with Crippen molar-refractivity contribution in [3.05, 3.63) is 17.0 Å². The molecule has 0 aromatic carbocycles. The first-order chi connectivity index (χ1) is 7.70. The van der Waals surface area contributed by atoms with E-state index in [4.69, 9.17) is 0 Å². The second kappa shape index (κ2) is 5.23. The van der Waals surface area contributed by atoms with Crippen LogP contribution in [-0.4, -0.2) is 27.7 Å². The first-order valence-corrected chi connectivity index (χ1v) is 7.26. The third kappa shape index (κ3) is 2.61. The largest absolute Gasteiger partial charge is 0.310 e. The molecule has 1 saturated carbocycles. The molecule has 2 rings (SSSR count). The van der Waals surface area contributed by atoms with E-state index in [-0.39, 0.29) is 0 Å². The van der Waals surface area contributed by atoms with Crippen LogP contribution in [0.15, 0.2) is 0 Å². The fraction of sp³-hybridized carbons (Fsp3) is 0.750. The van der Waals surface area contributed by atoms with Crippen LogP contribution in [0.3, 0.4) is 0 Å². The average molecular weight is 239 g/mol. The summed E-state index contributed by atoms with van der Waals surface area (Å²) in [5.41, 5.74) is 3.67. The number of H-pyrrole nitrogens is 1. The van der Waals surface area contributed by atoms with Crippen LogP contribution in [0.5, 0.6) is 0 Å². The fourth-order valence-electron chi connectivity index (χ4n) is 2.42. The highest BCUT2D eigenvalue weighted by Gasteiger charge is 2.23. The van der Waals surface area contributed by atoms with Crippen LogP contribution in [0.1, 0.15) is 36.2 Å². The normalized spacial score (nSPS) is 25.2. The number of aromatic amines is 1. The molecular formula is C12H21N3S. The minimum atomic E-state index is 0.700. The van der Waals surface area contributed by atoms with E-state index in [0.29, 0.717) is 6.04 Å². The molecule has 0 spiro atoms. The maximum Gasteiger partial charge on any atom is 0.0638 e. The first-order valence-electron chi connectivity index (χ1n) is 5.97. The summed E-state index contributed by atoms with van der Waals surface area (Å²) in [6, 6.07) is 0.700. The number of aryl methyl sites for hydroxylation is 2. The highest BCUT2D eigenvalue weighted by atomic mass is 32.2. The van der Waals surface area contributed by atoms with Crippen LogP contribution in [-0.2, 0) is 6.54 Å². The van der Waals surface area contributed by atoms with Gasteiger partial charge >= 0.3 is 0 Å². The van der Waals surface area contributed by atoms with E-state index >= 15 is 0 Å². The topological polar surface area (TPSA) is 40.7 Å². The van der Waals surface area contributed by atoms with Crippen molar-refractivity contribution in [2.24, 2.45) is 0 Å². The van der Waals surface area contributed by atoms with Crippen molar-refractivity contribution < 1.29 is 0 Å². The van der Waals surface area contributed by atoms with Crippen molar-refractivity contribution in [2.75, 3.05) is 6.26 Å². The number of rotatable bonds is 4. The quantitative estimate of drug-likeness (QED) is 0.847. The molecule has 1 aliphatic rings. The number of nitrogens with one attached hydrogen (secondary N) is 2. The molecule has 0 radical (unpaired) electrons. The minimum absolute atomic E-state index is 0.700. The molecule has 4 heteroatoms. The summed E-state index contributed by atoms with van der Waals surface area (Å²) in [7, 11) is 0. The van der Waals surface area contributed by atoms with E-state index in [0.717, 1.165) is 17.5 Å². The van der Waals surface area contributed by atoms with Crippen LogP contribution in [0.4, 0.5) is 0 Å². The molecule has 0 bridgehead atoms. The Kier molecular flexibility index (Phi) is 3.92. The van der Waals surface area contributed by atoms with Gasteiger partial charge in [0.05, 0.1) is 5.69 Å². The van der Waals surface area contributed by atoms with Crippen LogP contribution in [0.2, 0.25) is 0 Å². The second-order valence-corrected chi connectivity index (χ2v) is 5.80. The lowest BCUT2D eigenvalue weighted by atomic mass is 10.1. The lowest BCUT2D eigenvalue weighted by Crippen LogP contribution is -2.26. The summed E-state index contributed by atoms with van der Waals surface area (Å²) in [5.74, 6) is 0. The van der Waals surface area contributed by atoms with Crippen molar-refractivity contribution in [3.8, 4) is 0 Å². The predicted molar refractivity (Wildman–Crippen MR) is 69.8 cm³/mol. The van der Waals surface area contributed by atoms with Crippen molar-refractivity contribution in [1.29, 1.82) is 0 Å². The molecule has 1 aromatic rings. The van der Waals surface area contributed by atoms with Gasteiger partial charge in [-0.2, -0.15) is 16.9 Å². The lowest BCUT2D eigenvalue weighted by Gasteiger charge is -2.12. The van der Waals surface area contributed by atoms with Crippen molar-refractivity contribution in [2.45, 2.75) is 50.9 Å². The van der Waals surface area contributed by atoms with Crippen LogP contribution < -0.4 is 5.32 Å². The van der Waals surface area contributed by atoms with Crippen molar-refractivity contribution in [1.82, 2.24) is 15.5 Å². The smallest absolute Gasteiger partial charge is 0.0638 e. The molecule has 0 saturated heterocycles. The van der Waals surface area contributed by atoms with Gasteiger partial charge in [-0.1, -0.05) is 0 Å². The zero-order chi connectivity index (χ0) is 11.5. The molecule has 1 heterocycles. The summed E-state index contributed by atoms with van der Waals surface area (Å²) in [5, 5.41) is 11.8. The van der Waals surface area contributed by atoms with Crippen LogP contribution in [0.25, 0.3) is 0 Å². The van der Waals surface area contributed by atoms with Gasteiger partial charge in [-0.3, -0.25) is 5.10 Å². The maximum atomic E-state index is 4.22. The van der Waals surface area contributed by atoms with E-state index in [1.165, 1.54) is 30.5 Å². The molecule has 1 aliphatic carbocycles. The molecule has 0 aliphatic heterocycles. The number of thioether (sulfide) groups is 1. The van der Waals surface area contributed by atoms with E-state index in [1.807, 2.05) is 11.8 Å². The zero-order valence-electron chi connectivity index (χ0n) is 10.3.